The highest BCUT2D eigenvalue weighted by Crippen LogP contribution is 2.40. The number of rotatable bonds is 4. The third kappa shape index (κ3) is 2.88. The molecule has 2 aliphatic rings. The van der Waals surface area contributed by atoms with E-state index in [0.29, 0.717) is 0 Å². The van der Waals surface area contributed by atoms with Crippen molar-refractivity contribution in [1.29, 1.82) is 0 Å². The summed E-state index contributed by atoms with van der Waals surface area (Å²) in [4.78, 5) is 2.61. The van der Waals surface area contributed by atoms with E-state index < -0.39 is 0 Å². The van der Waals surface area contributed by atoms with Gasteiger partial charge in [-0.3, -0.25) is 9.58 Å². The Morgan fingerprint density at radius 1 is 1.19 bits per heavy atom. The topological polar surface area (TPSA) is 41.3 Å². The Hall–Kier alpha value is -0.870. The van der Waals surface area contributed by atoms with Crippen molar-refractivity contribution in [1.82, 2.24) is 14.7 Å². The van der Waals surface area contributed by atoms with Crippen LogP contribution in [-0.2, 0) is 13.5 Å². The van der Waals surface area contributed by atoms with Crippen LogP contribution in [0, 0.1) is 6.92 Å². The number of hydrogen-bond donors (Lipinski definition) is 1. The summed E-state index contributed by atoms with van der Waals surface area (Å²) in [5, 5.41) is 15.5. The Morgan fingerprint density at radius 2 is 1.86 bits per heavy atom. The number of aryl methyl sites for hydroxylation is 2. The van der Waals surface area contributed by atoms with E-state index in [9.17, 15) is 5.11 Å². The first kappa shape index (κ1) is 15.0. The summed E-state index contributed by atoms with van der Waals surface area (Å²) in [7, 11) is 1.98. The third-order valence-electron chi connectivity index (χ3n) is 5.58. The molecule has 4 heteroatoms. The zero-order valence-corrected chi connectivity index (χ0v) is 13.5. The van der Waals surface area contributed by atoms with Gasteiger partial charge in [0.15, 0.2) is 0 Å². The summed E-state index contributed by atoms with van der Waals surface area (Å²) in [6.45, 7) is 4.36. The molecule has 1 atom stereocenters. The molecule has 0 bridgehead atoms. The van der Waals surface area contributed by atoms with Crippen molar-refractivity contribution in [2.45, 2.75) is 69.9 Å². The van der Waals surface area contributed by atoms with Gasteiger partial charge < -0.3 is 5.11 Å². The lowest BCUT2D eigenvalue weighted by molar-refractivity contribution is -0.0387. The van der Waals surface area contributed by atoms with Crippen molar-refractivity contribution in [2.75, 3.05) is 13.1 Å². The molecule has 0 radical (unpaired) electrons. The molecule has 118 valence electrons. The van der Waals surface area contributed by atoms with Crippen LogP contribution >= 0.6 is 0 Å². The van der Waals surface area contributed by atoms with Crippen LogP contribution in [0.1, 0.15) is 56.3 Å². The Bertz CT molecular complexity index is 470. The molecule has 2 heterocycles. The zero-order valence-electron chi connectivity index (χ0n) is 13.5. The molecule has 1 aromatic rings. The molecule has 21 heavy (non-hydrogen) atoms. The first-order chi connectivity index (χ1) is 10.1. The van der Waals surface area contributed by atoms with E-state index in [1.807, 2.05) is 18.7 Å². The van der Waals surface area contributed by atoms with Crippen LogP contribution in [0.15, 0.2) is 6.07 Å². The summed E-state index contributed by atoms with van der Waals surface area (Å²) < 4.78 is 1.93. The molecule has 1 aliphatic heterocycles. The van der Waals surface area contributed by atoms with Crippen LogP contribution < -0.4 is 0 Å². The second kappa shape index (κ2) is 6.09. The van der Waals surface area contributed by atoms with Gasteiger partial charge >= 0.3 is 0 Å². The SMILES string of the molecule is Cc1cc(CC(O)C2(N3CCCCC3)CCCC2)n(C)n1. The Labute approximate surface area is 128 Å². The predicted octanol–water partition coefficient (Wildman–Crippen LogP) is 2.43. The van der Waals surface area contributed by atoms with E-state index in [1.165, 1.54) is 45.2 Å². The zero-order chi connectivity index (χ0) is 14.9. The van der Waals surface area contributed by atoms with E-state index in [1.54, 1.807) is 0 Å². The minimum atomic E-state index is -0.270. The summed E-state index contributed by atoms with van der Waals surface area (Å²) in [5.74, 6) is 0. The third-order valence-corrected chi connectivity index (χ3v) is 5.58. The molecule has 0 amide bonds. The normalized spacial score (nSPS) is 24.3. The van der Waals surface area contributed by atoms with Gasteiger partial charge in [0.05, 0.1) is 11.8 Å². The average Bonchev–Trinajstić information content (AvgIpc) is 3.08. The second-order valence-corrected chi connectivity index (χ2v) is 6.98. The molecule has 0 aromatic carbocycles. The number of aromatic nitrogens is 2. The molecule has 1 unspecified atom stereocenters. The maximum absolute atomic E-state index is 11.1. The van der Waals surface area contributed by atoms with Crippen molar-refractivity contribution >= 4 is 0 Å². The first-order valence-electron chi connectivity index (χ1n) is 8.54. The lowest BCUT2D eigenvalue weighted by Crippen LogP contribution is -2.57. The van der Waals surface area contributed by atoms with Gasteiger partial charge in [-0.2, -0.15) is 5.10 Å². The maximum Gasteiger partial charge on any atom is 0.0779 e. The van der Waals surface area contributed by atoms with Crippen LogP contribution in [0.2, 0.25) is 0 Å². The van der Waals surface area contributed by atoms with Crippen molar-refractivity contribution in [3.8, 4) is 0 Å². The number of piperidine rings is 1. The number of aliphatic hydroxyl groups is 1. The molecule has 2 fully saturated rings. The van der Waals surface area contributed by atoms with Gasteiger partial charge in [0.25, 0.3) is 0 Å². The van der Waals surface area contributed by atoms with Crippen molar-refractivity contribution < 1.29 is 5.11 Å². The quantitative estimate of drug-likeness (QED) is 0.926. The summed E-state index contributed by atoms with van der Waals surface area (Å²) in [6, 6.07) is 2.11. The first-order valence-corrected chi connectivity index (χ1v) is 8.54. The van der Waals surface area contributed by atoms with Gasteiger partial charge in [-0.05, 0) is 51.8 Å². The van der Waals surface area contributed by atoms with Crippen molar-refractivity contribution in [3.63, 3.8) is 0 Å². The highest BCUT2D eigenvalue weighted by atomic mass is 16.3. The highest BCUT2D eigenvalue weighted by molar-refractivity contribution is 5.13. The van der Waals surface area contributed by atoms with Gasteiger partial charge in [-0.25, -0.2) is 0 Å². The van der Waals surface area contributed by atoms with Crippen LogP contribution in [0.4, 0.5) is 0 Å². The number of hydrogen-bond acceptors (Lipinski definition) is 3. The highest BCUT2D eigenvalue weighted by Gasteiger charge is 2.45. The number of likely N-dealkylation sites (tertiary alicyclic amines) is 1. The summed E-state index contributed by atoms with van der Waals surface area (Å²) in [6.07, 6.45) is 9.23. The predicted molar refractivity (Wildman–Crippen MR) is 84.3 cm³/mol. The molecule has 1 aromatic heterocycles. The Balaban J connectivity index is 1.78. The lowest BCUT2D eigenvalue weighted by atomic mass is 9.84. The second-order valence-electron chi connectivity index (χ2n) is 6.98. The van der Waals surface area contributed by atoms with Crippen LogP contribution in [0.3, 0.4) is 0 Å². The monoisotopic (exact) mass is 291 g/mol. The van der Waals surface area contributed by atoms with Gasteiger partial charge in [0, 0.05) is 24.7 Å². The molecule has 1 aliphatic carbocycles. The average molecular weight is 291 g/mol. The maximum atomic E-state index is 11.1. The lowest BCUT2D eigenvalue weighted by Gasteiger charge is -2.46. The standard InChI is InChI=1S/C17H29N3O/c1-14-12-15(19(2)18-14)13-16(21)17(8-4-5-9-17)20-10-6-3-7-11-20/h12,16,21H,3-11,13H2,1-2H3. The smallest absolute Gasteiger partial charge is 0.0779 e. The summed E-state index contributed by atoms with van der Waals surface area (Å²) in [5.41, 5.74) is 2.22. The van der Waals surface area contributed by atoms with Crippen molar-refractivity contribution in [2.24, 2.45) is 7.05 Å². The van der Waals surface area contributed by atoms with Crippen molar-refractivity contribution in [3.05, 3.63) is 17.5 Å². The van der Waals surface area contributed by atoms with Crippen LogP contribution in [0.25, 0.3) is 0 Å². The minimum absolute atomic E-state index is 0.0264. The molecule has 1 saturated carbocycles. The summed E-state index contributed by atoms with van der Waals surface area (Å²) >= 11 is 0. The minimum Gasteiger partial charge on any atom is -0.391 e. The van der Waals surface area contributed by atoms with E-state index in [-0.39, 0.29) is 11.6 Å². The largest absolute Gasteiger partial charge is 0.391 e. The molecule has 1 saturated heterocycles. The fourth-order valence-corrected chi connectivity index (χ4v) is 4.43. The van der Waals surface area contributed by atoms with Gasteiger partial charge in [0.2, 0.25) is 0 Å². The molecular weight excluding hydrogens is 262 g/mol. The van der Waals surface area contributed by atoms with E-state index in [2.05, 4.69) is 16.1 Å². The molecule has 0 spiro atoms. The molecule has 3 rings (SSSR count). The number of aliphatic hydroxyl groups excluding tert-OH is 1. The van der Waals surface area contributed by atoms with Gasteiger partial charge in [0.1, 0.15) is 0 Å². The molecular formula is C17H29N3O. The van der Waals surface area contributed by atoms with Crippen LogP contribution in [-0.4, -0.2) is 44.5 Å². The molecule has 4 nitrogen and oxygen atoms in total. The number of nitrogens with zero attached hydrogens (tertiary/aromatic N) is 3. The van der Waals surface area contributed by atoms with E-state index in [4.69, 9.17) is 0 Å². The molecule has 1 N–H and O–H groups in total. The Kier molecular flexibility index (Phi) is 4.36. The van der Waals surface area contributed by atoms with E-state index in [0.717, 1.165) is 30.7 Å². The van der Waals surface area contributed by atoms with Gasteiger partial charge in [-0.1, -0.05) is 19.3 Å². The van der Waals surface area contributed by atoms with Gasteiger partial charge in [-0.15, -0.1) is 0 Å². The fraction of sp³-hybridized carbons (Fsp3) is 0.824. The van der Waals surface area contributed by atoms with E-state index >= 15 is 0 Å². The fourth-order valence-electron chi connectivity index (χ4n) is 4.43. The van der Waals surface area contributed by atoms with Crippen LogP contribution in [0.5, 0.6) is 0 Å². The Morgan fingerprint density at radius 3 is 2.43 bits per heavy atom.